The van der Waals surface area contributed by atoms with Crippen LogP contribution in [0.4, 0.5) is 0 Å². The molecular formula is C13H14N2OS2. The fourth-order valence-electron chi connectivity index (χ4n) is 1.65. The second-order valence-corrected chi connectivity index (χ2v) is 6.18. The highest BCUT2D eigenvalue weighted by Crippen LogP contribution is 2.33. The Balaban J connectivity index is 2.38. The number of aryl methyl sites for hydroxylation is 1. The molecule has 0 radical (unpaired) electrons. The molecule has 0 aromatic carbocycles. The standard InChI is InChI=1S/C13H14N2OS2/c1-9-12(10(8-16)7-15(2)3)18-13(14-9)11-5-4-6-17-11/h4-6H,7H2,1-3H3. The van der Waals surface area contributed by atoms with E-state index in [1.165, 1.54) is 0 Å². The zero-order chi connectivity index (χ0) is 13.1. The zero-order valence-electron chi connectivity index (χ0n) is 10.6. The van der Waals surface area contributed by atoms with Gasteiger partial charge in [-0.25, -0.2) is 9.78 Å². The summed E-state index contributed by atoms with van der Waals surface area (Å²) in [5.74, 6) is 2.05. The topological polar surface area (TPSA) is 33.2 Å². The lowest BCUT2D eigenvalue weighted by molar-refractivity contribution is 0.463. The molecule has 0 unspecified atom stereocenters. The monoisotopic (exact) mass is 278 g/mol. The van der Waals surface area contributed by atoms with Gasteiger partial charge in [-0.15, -0.1) is 22.7 Å². The van der Waals surface area contributed by atoms with Crippen LogP contribution in [0.2, 0.25) is 0 Å². The van der Waals surface area contributed by atoms with Gasteiger partial charge in [0.1, 0.15) is 10.9 Å². The number of nitrogens with zero attached hydrogens (tertiary/aromatic N) is 2. The van der Waals surface area contributed by atoms with Crippen molar-refractivity contribution >= 4 is 34.2 Å². The molecule has 0 spiro atoms. The van der Waals surface area contributed by atoms with Crippen LogP contribution in [0.1, 0.15) is 10.6 Å². The number of thiophene rings is 1. The van der Waals surface area contributed by atoms with Crippen molar-refractivity contribution < 1.29 is 4.79 Å². The van der Waals surface area contributed by atoms with Gasteiger partial charge in [-0.2, -0.15) is 0 Å². The molecule has 0 saturated carbocycles. The highest BCUT2D eigenvalue weighted by Gasteiger charge is 2.15. The molecule has 0 atom stereocenters. The Morgan fingerprint density at radius 2 is 2.28 bits per heavy atom. The van der Waals surface area contributed by atoms with Gasteiger partial charge in [0.25, 0.3) is 0 Å². The summed E-state index contributed by atoms with van der Waals surface area (Å²) in [6, 6.07) is 4.05. The number of carbonyl (C=O) groups excluding carboxylic acids is 1. The maximum Gasteiger partial charge on any atom is 0.134 e. The molecule has 18 heavy (non-hydrogen) atoms. The van der Waals surface area contributed by atoms with Crippen molar-refractivity contribution in [2.75, 3.05) is 20.6 Å². The summed E-state index contributed by atoms with van der Waals surface area (Å²) in [5.41, 5.74) is 1.58. The van der Waals surface area contributed by atoms with E-state index >= 15 is 0 Å². The Hall–Kier alpha value is -1.26. The summed E-state index contributed by atoms with van der Waals surface area (Å²) in [4.78, 5) is 19.7. The molecule has 5 heteroatoms. The van der Waals surface area contributed by atoms with E-state index < -0.39 is 0 Å². The molecule has 94 valence electrons. The summed E-state index contributed by atoms with van der Waals surface area (Å²) in [6.07, 6.45) is 0. The van der Waals surface area contributed by atoms with Gasteiger partial charge in [0, 0.05) is 6.54 Å². The van der Waals surface area contributed by atoms with Crippen LogP contribution in [0.3, 0.4) is 0 Å². The van der Waals surface area contributed by atoms with Crippen LogP contribution in [0, 0.1) is 6.92 Å². The third-order valence-corrected chi connectivity index (χ3v) is 4.66. The first-order valence-electron chi connectivity index (χ1n) is 5.52. The molecule has 0 amide bonds. The third kappa shape index (κ3) is 2.76. The van der Waals surface area contributed by atoms with Crippen LogP contribution in [-0.2, 0) is 4.79 Å². The van der Waals surface area contributed by atoms with Gasteiger partial charge < -0.3 is 4.90 Å². The Morgan fingerprint density at radius 1 is 1.50 bits per heavy atom. The molecule has 2 aromatic rings. The molecule has 0 fully saturated rings. The molecule has 0 aliphatic rings. The second kappa shape index (κ2) is 5.59. The first-order valence-corrected chi connectivity index (χ1v) is 7.22. The lowest BCUT2D eigenvalue weighted by Crippen LogP contribution is -2.14. The van der Waals surface area contributed by atoms with Gasteiger partial charge in [0.15, 0.2) is 0 Å². The summed E-state index contributed by atoms with van der Waals surface area (Å²) in [7, 11) is 3.88. The highest BCUT2D eigenvalue weighted by molar-refractivity contribution is 7.21. The van der Waals surface area contributed by atoms with Gasteiger partial charge >= 0.3 is 0 Å². The second-order valence-electron chi connectivity index (χ2n) is 4.23. The van der Waals surface area contributed by atoms with Gasteiger partial charge in [-0.05, 0) is 32.5 Å². The van der Waals surface area contributed by atoms with Crippen molar-refractivity contribution in [3.8, 4) is 9.88 Å². The molecular weight excluding hydrogens is 264 g/mol. The average Bonchev–Trinajstić information content (AvgIpc) is 2.94. The van der Waals surface area contributed by atoms with Gasteiger partial charge in [-0.1, -0.05) is 6.07 Å². The van der Waals surface area contributed by atoms with E-state index in [1.807, 2.05) is 49.4 Å². The Morgan fingerprint density at radius 3 is 2.83 bits per heavy atom. The molecule has 0 N–H and O–H groups in total. The lowest BCUT2D eigenvalue weighted by Gasteiger charge is -2.08. The van der Waals surface area contributed by atoms with E-state index in [0.29, 0.717) is 12.1 Å². The molecule has 2 rings (SSSR count). The van der Waals surface area contributed by atoms with Gasteiger partial charge in [0.2, 0.25) is 0 Å². The molecule has 2 heterocycles. The van der Waals surface area contributed by atoms with Crippen LogP contribution >= 0.6 is 22.7 Å². The van der Waals surface area contributed by atoms with Crippen molar-refractivity contribution in [1.29, 1.82) is 0 Å². The van der Waals surface area contributed by atoms with E-state index in [4.69, 9.17) is 0 Å². The van der Waals surface area contributed by atoms with E-state index in [9.17, 15) is 4.79 Å². The van der Waals surface area contributed by atoms with Crippen LogP contribution in [-0.4, -0.2) is 36.5 Å². The zero-order valence-corrected chi connectivity index (χ0v) is 12.2. The average molecular weight is 278 g/mol. The minimum atomic E-state index is 0.594. The maximum atomic E-state index is 11.1. The Labute approximate surface area is 114 Å². The smallest absolute Gasteiger partial charge is 0.134 e. The summed E-state index contributed by atoms with van der Waals surface area (Å²) in [5, 5.41) is 3.01. The highest BCUT2D eigenvalue weighted by atomic mass is 32.1. The largest absolute Gasteiger partial charge is 0.304 e. The van der Waals surface area contributed by atoms with Crippen molar-refractivity contribution in [3.63, 3.8) is 0 Å². The van der Waals surface area contributed by atoms with E-state index in [1.54, 1.807) is 22.7 Å². The number of likely N-dealkylation sites (N-methyl/N-ethyl adjacent to an activating group) is 1. The van der Waals surface area contributed by atoms with E-state index in [-0.39, 0.29) is 0 Å². The molecule has 2 aromatic heterocycles. The predicted molar refractivity (Wildman–Crippen MR) is 77.8 cm³/mol. The maximum absolute atomic E-state index is 11.1. The number of aromatic nitrogens is 1. The SMILES string of the molecule is Cc1nc(-c2cccs2)sc1C(=C=O)CN(C)C. The van der Waals surface area contributed by atoms with Gasteiger partial charge in [0.05, 0.1) is 21.0 Å². The summed E-state index contributed by atoms with van der Waals surface area (Å²) in [6.45, 7) is 2.53. The van der Waals surface area contributed by atoms with Crippen LogP contribution in [0.25, 0.3) is 15.5 Å². The van der Waals surface area contributed by atoms with Crippen molar-refractivity contribution in [1.82, 2.24) is 9.88 Å². The minimum absolute atomic E-state index is 0.594. The molecule has 0 bridgehead atoms. The summed E-state index contributed by atoms with van der Waals surface area (Å²) < 4.78 is 0. The Kier molecular flexibility index (Phi) is 4.09. The molecule has 0 saturated heterocycles. The quantitative estimate of drug-likeness (QED) is 0.806. The van der Waals surface area contributed by atoms with Crippen molar-refractivity contribution in [2.24, 2.45) is 0 Å². The minimum Gasteiger partial charge on any atom is -0.304 e. The van der Waals surface area contributed by atoms with E-state index in [2.05, 4.69) is 4.98 Å². The van der Waals surface area contributed by atoms with E-state index in [0.717, 1.165) is 20.5 Å². The molecule has 0 aliphatic carbocycles. The number of rotatable bonds is 4. The third-order valence-electron chi connectivity index (χ3n) is 2.40. The Bertz CT molecular complexity index is 578. The fourth-order valence-corrected chi connectivity index (χ4v) is 3.49. The van der Waals surface area contributed by atoms with Crippen molar-refractivity contribution in [3.05, 3.63) is 28.1 Å². The first-order chi connectivity index (χ1) is 8.61. The number of thiazole rings is 1. The summed E-state index contributed by atoms with van der Waals surface area (Å²) >= 11 is 3.23. The van der Waals surface area contributed by atoms with Crippen molar-refractivity contribution in [2.45, 2.75) is 6.92 Å². The normalized spacial score (nSPS) is 10.7. The van der Waals surface area contributed by atoms with Crippen LogP contribution in [0.5, 0.6) is 0 Å². The number of hydrogen-bond acceptors (Lipinski definition) is 5. The number of hydrogen-bond donors (Lipinski definition) is 0. The molecule has 3 nitrogen and oxygen atoms in total. The van der Waals surface area contributed by atoms with Crippen LogP contribution < -0.4 is 0 Å². The first kappa shape index (κ1) is 13.2. The molecule has 0 aliphatic heterocycles. The lowest BCUT2D eigenvalue weighted by atomic mass is 10.2. The fraction of sp³-hybridized carbons (Fsp3) is 0.308. The predicted octanol–water partition coefficient (Wildman–Crippen LogP) is 2.96. The van der Waals surface area contributed by atoms with Crippen LogP contribution in [0.15, 0.2) is 17.5 Å². The van der Waals surface area contributed by atoms with Gasteiger partial charge in [-0.3, -0.25) is 0 Å².